The van der Waals surface area contributed by atoms with Gasteiger partial charge in [-0.2, -0.15) is 0 Å². The molecule has 3 heterocycles. The SMILES string of the molecule is C/C=C/C1C=C2[C@H]3OC(C)(C)O[C@H]3O[C@@H]2CO1. The Morgan fingerprint density at radius 2 is 2.18 bits per heavy atom. The number of hydrogen-bond donors (Lipinski definition) is 0. The number of rotatable bonds is 1. The van der Waals surface area contributed by atoms with Crippen molar-refractivity contribution in [1.29, 1.82) is 0 Å². The molecule has 1 unspecified atom stereocenters. The van der Waals surface area contributed by atoms with Crippen molar-refractivity contribution in [2.24, 2.45) is 0 Å². The summed E-state index contributed by atoms with van der Waals surface area (Å²) in [4.78, 5) is 0. The second-order valence-corrected chi connectivity index (χ2v) is 5.04. The normalized spacial score (nSPS) is 43.6. The van der Waals surface area contributed by atoms with Crippen LogP contribution in [0, 0.1) is 0 Å². The van der Waals surface area contributed by atoms with Gasteiger partial charge in [0.05, 0.1) is 12.7 Å². The van der Waals surface area contributed by atoms with Gasteiger partial charge in [0.2, 0.25) is 0 Å². The zero-order valence-corrected chi connectivity index (χ0v) is 10.4. The maximum absolute atomic E-state index is 5.87. The van der Waals surface area contributed by atoms with Crippen molar-refractivity contribution in [3.8, 4) is 0 Å². The Balaban J connectivity index is 1.84. The maximum atomic E-state index is 5.87. The van der Waals surface area contributed by atoms with E-state index in [2.05, 4.69) is 6.08 Å². The van der Waals surface area contributed by atoms with Gasteiger partial charge in [-0.3, -0.25) is 0 Å². The topological polar surface area (TPSA) is 36.9 Å². The van der Waals surface area contributed by atoms with Crippen LogP contribution < -0.4 is 0 Å². The minimum Gasteiger partial charge on any atom is -0.367 e. The maximum Gasteiger partial charge on any atom is 0.191 e. The summed E-state index contributed by atoms with van der Waals surface area (Å²) in [6.07, 6.45) is 5.76. The van der Waals surface area contributed by atoms with E-state index in [-0.39, 0.29) is 24.6 Å². The summed E-state index contributed by atoms with van der Waals surface area (Å²) >= 11 is 0. The Morgan fingerprint density at radius 1 is 1.35 bits per heavy atom. The Kier molecular flexibility index (Phi) is 2.63. The molecule has 0 aromatic heterocycles. The van der Waals surface area contributed by atoms with Crippen molar-refractivity contribution in [3.63, 3.8) is 0 Å². The molecule has 4 atom stereocenters. The Morgan fingerprint density at radius 3 is 2.94 bits per heavy atom. The molecule has 3 aliphatic rings. The lowest BCUT2D eigenvalue weighted by Gasteiger charge is -2.26. The molecule has 3 rings (SSSR count). The highest BCUT2D eigenvalue weighted by Crippen LogP contribution is 2.41. The molecule has 0 N–H and O–H groups in total. The molecule has 0 amide bonds. The molecule has 4 heteroatoms. The Bertz CT molecular complexity index is 372. The van der Waals surface area contributed by atoms with E-state index in [1.807, 2.05) is 32.9 Å². The number of hydrogen-bond acceptors (Lipinski definition) is 4. The van der Waals surface area contributed by atoms with Gasteiger partial charge in [0.25, 0.3) is 0 Å². The second kappa shape index (κ2) is 3.92. The molecular formula is C13H18O4. The third-order valence-corrected chi connectivity index (χ3v) is 3.24. The van der Waals surface area contributed by atoms with Gasteiger partial charge >= 0.3 is 0 Å². The predicted molar refractivity (Wildman–Crippen MR) is 61.3 cm³/mol. The van der Waals surface area contributed by atoms with Gasteiger partial charge in [-0.15, -0.1) is 0 Å². The first kappa shape index (κ1) is 11.4. The van der Waals surface area contributed by atoms with Crippen molar-refractivity contribution < 1.29 is 18.9 Å². The first-order valence-electron chi connectivity index (χ1n) is 6.06. The highest BCUT2D eigenvalue weighted by atomic mass is 16.8. The summed E-state index contributed by atoms with van der Waals surface area (Å²) in [5.41, 5.74) is 1.16. The number of ether oxygens (including phenoxy) is 4. The van der Waals surface area contributed by atoms with Gasteiger partial charge < -0.3 is 18.9 Å². The van der Waals surface area contributed by atoms with Crippen LogP contribution in [-0.2, 0) is 18.9 Å². The average molecular weight is 238 g/mol. The van der Waals surface area contributed by atoms with Crippen LogP contribution in [0.1, 0.15) is 20.8 Å². The van der Waals surface area contributed by atoms with Crippen LogP contribution in [0.15, 0.2) is 23.8 Å². The van der Waals surface area contributed by atoms with Crippen LogP contribution in [0.5, 0.6) is 0 Å². The van der Waals surface area contributed by atoms with Crippen molar-refractivity contribution in [2.45, 2.75) is 51.2 Å². The molecule has 94 valence electrons. The molecule has 2 fully saturated rings. The number of allylic oxidation sites excluding steroid dienone is 1. The van der Waals surface area contributed by atoms with Crippen LogP contribution in [0.3, 0.4) is 0 Å². The largest absolute Gasteiger partial charge is 0.367 e. The molecule has 3 aliphatic heterocycles. The highest BCUT2D eigenvalue weighted by molar-refractivity contribution is 5.26. The van der Waals surface area contributed by atoms with Gasteiger partial charge in [0, 0.05) is 0 Å². The predicted octanol–water partition coefficient (Wildman–Crippen LogP) is 1.76. The van der Waals surface area contributed by atoms with Crippen LogP contribution >= 0.6 is 0 Å². The first-order chi connectivity index (χ1) is 8.09. The van der Waals surface area contributed by atoms with Crippen molar-refractivity contribution >= 4 is 0 Å². The third kappa shape index (κ3) is 1.95. The van der Waals surface area contributed by atoms with Crippen molar-refractivity contribution in [3.05, 3.63) is 23.8 Å². The van der Waals surface area contributed by atoms with E-state index < -0.39 is 5.79 Å². The lowest BCUT2D eigenvalue weighted by molar-refractivity contribution is -0.205. The molecule has 0 radical (unpaired) electrons. The van der Waals surface area contributed by atoms with Crippen LogP contribution in [-0.4, -0.2) is 37.0 Å². The van der Waals surface area contributed by atoms with Gasteiger partial charge in [0.1, 0.15) is 12.2 Å². The lowest BCUT2D eigenvalue weighted by Crippen LogP contribution is -2.31. The van der Waals surface area contributed by atoms with E-state index in [1.165, 1.54) is 0 Å². The molecule has 0 spiro atoms. The van der Waals surface area contributed by atoms with Gasteiger partial charge in [-0.25, -0.2) is 0 Å². The summed E-state index contributed by atoms with van der Waals surface area (Å²) in [6.45, 7) is 6.38. The van der Waals surface area contributed by atoms with E-state index in [0.29, 0.717) is 6.61 Å². The standard InChI is InChI=1S/C13H18O4/c1-4-5-8-6-9-10(7-14-8)15-12-11(9)16-13(2,3)17-12/h4-6,8,10-12H,7H2,1-3H3/b5-4+/t8?,10-,11-,12-/m1/s1. The average Bonchev–Trinajstić information content (AvgIpc) is 2.71. The zero-order valence-electron chi connectivity index (χ0n) is 10.4. The van der Waals surface area contributed by atoms with E-state index in [4.69, 9.17) is 18.9 Å². The third-order valence-electron chi connectivity index (χ3n) is 3.24. The Labute approximate surface area is 101 Å². The number of fused-ring (bicyclic) bond motifs is 3. The van der Waals surface area contributed by atoms with Gasteiger partial charge in [0.15, 0.2) is 12.1 Å². The molecule has 17 heavy (non-hydrogen) atoms. The first-order valence-corrected chi connectivity index (χ1v) is 6.06. The molecule has 0 aliphatic carbocycles. The minimum absolute atomic E-state index is 0.0115. The lowest BCUT2D eigenvalue weighted by atomic mass is 10.0. The monoisotopic (exact) mass is 238 g/mol. The molecule has 0 aromatic carbocycles. The Hall–Kier alpha value is -0.680. The fraction of sp³-hybridized carbons (Fsp3) is 0.692. The van der Waals surface area contributed by atoms with Crippen molar-refractivity contribution in [1.82, 2.24) is 0 Å². The van der Waals surface area contributed by atoms with Crippen molar-refractivity contribution in [2.75, 3.05) is 6.61 Å². The molecule has 0 bridgehead atoms. The smallest absolute Gasteiger partial charge is 0.191 e. The van der Waals surface area contributed by atoms with E-state index >= 15 is 0 Å². The molecule has 2 saturated heterocycles. The van der Waals surface area contributed by atoms with Crippen LogP contribution in [0.2, 0.25) is 0 Å². The highest BCUT2D eigenvalue weighted by Gasteiger charge is 2.52. The summed E-state index contributed by atoms with van der Waals surface area (Å²) in [6, 6.07) is 0. The zero-order chi connectivity index (χ0) is 12.0. The molecule has 0 saturated carbocycles. The van der Waals surface area contributed by atoms with Crippen LogP contribution in [0.25, 0.3) is 0 Å². The minimum atomic E-state index is -0.560. The van der Waals surface area contributed by atoms with E-state index in [9.17, 15) is 0 Å². The van der Waals surface area contributed by atoms with Gasteiger partial charge in [-0.05, 0) is 32.4 Å². The van der Waals surface area contributed by atoms with E-state index in [1.54, 1.807) is 0 Å². The fourth-order valence-corrected chi connectivity index (χ4v) is 2.55. The van der Waals surface area contributed by atoms with Gasteiger partial charge in [-0.1, -0.05) is 12.2 Å². The summed E-state index contributed by atoms with van der Waals surface area (Å²) < 4.78 is 23.0. The molecule has 0 aromatic rings. The summed E-state index contributed by atoms with van der Waals surface area (Å²) in [7, 11) is 0. The summed E-state index contributed by atoms with van der Waals surface area (Å²) in [5.74, 6) is -0.560. The van der Waals surface area contributed by atoms with Crippen LogP contribution in [0.4, 0.5) is 0 Å². The second-order valence-electron chi connectivity index (χ2n) is 5.04. The quantitative estimate of drug-likeness (QED) is 0.652. The molecular weight excluding hydrogens is 220 g/mol. The summed E-state index contributed by atoms with van der Waals surface area (Å²) in [5, 5.41) is 0. The fourth-order valence-electron chi connectivity index (χ4n) is 2.55. The van der Waals surface area contributed by atoms with E-state index in [0.717, 1.165) is 5.57 Å². The molecule has 4 nitrogen and oxygen atoms in total.